The van der Waals surface area contributed by atoms with Crippen molar-refractivity contribution < 1.29 is 19.4 Å². The Bertz CT molecular complexity index is 579. The van der Waals surface area contributed by atoms with Crippen molar-refractivity contribution in [2.24, 2.45) is 5.41 Å². The molecule has 0 bridgehead atoms. The van der Waals surface area contributed by atoms with Crippen molar-refractivity contribution in [2.75, 3.05) is 20.3 Å². The van der Waals surface area contributed by atoms with Gasteiger partial charge in [0.1, 0.15) is 5.69 Å². The van der Waals surface area contributed by atoms with Crippen molar-refractivity contribution in [2.45, 2.75) is 20.4 Å². The summed E-state index contributed by atoms with van der Waals surface area (Å²) >= 11 is 0. The second-order valence-corrected chi connectivity index (χ2v) is 5.14. The van der Waals surface area contributed by atoms with Crippen LogP contribution in [0.15, 0.2) is 16.9 Å². The van der Waals surface area contributed by atoms with E-state index in [1.807, 2.05) is 0 Å². The lowest BCUT2D eigenvalue weighted by molar-refractivity contribution is -0.146. The fourth-order valence-electron chi connectivity index (χ4n) is 1.38. The Labute approximate surface area is 121 Å². The summed E-state index contributed by atoms with van der Waals surface area (Å²) in [5.41, 5.74) is -1.37. The van der Waals surface area contributed by atoms with E-state index in [1.165, 1.54) is 33.1 Å². The number of amides is 1. The number of rotatable bonds is 7. The van der Waals surface area contributed by atoms with E-state index >= 15 is 0 Å². The molecule has 2 N–H and O–H groups in total. The number of carboxylic acids is 1. The van der Waals surface area contributed by atoms with Crippen LogP contribution < -0.4 is 10.9 Å². The van der Waals surface area contributed by atoms with Gasteiger partial charge < -0.3 is 15.2 Å². The van der Waals surface area contributed by atoms with Crippen molar-refractivity contribution in [3.05, 3.63) is 28.2 Å². The van der Waals surface area contributed by atoms with Crippen LogP contribution in [0.4, 0.5) is 0 Å². The molecule has 1 aromatic rings. The largest absolute Gasteiger partial charge is 0.481 e. The van der Waals surface area contributed by atoms with E-state index in [1.54, 1.807) is 0 Å². The lowest BCUT2D eigenvalue weighted by Gasteiger charge is -2.19. The van der Waals surface area contributed by atoms with E-state index in [2.05, 4.69) is 10.4 Å². The molecule has 0 aromatic carbocycles. The number of nitrogens with zero attached hydrogens (tertiary/aromatic N) is 2. The summed E-state index contributed by atoms with van der Waals surface area (Å²) in [5.74, 6) is -1.55. The van der Waals surface area contributed by atoms with Gasteiger partial charge in [-0.05, 0) is 19.9 Å². The minimum absolute atomic E-state index is 0.0416. The van der Waals surface area contributed by atoms with Gasteiger partial charge in [-0.25, -0.2) is 4.68 Å². The number of methoxy groups -OCH3 is 1. The van der Waals surface area contributed by atoms with Crippen LogP contribution in [0.5, 0.6) is 0 Å². The molecule has 8 nitrogen and oxygen atoms in total. The standard InChI is InChI=1S/C13H19N3O5/c1-13(2,12(19)20)8-14-11(18)9-4-5-10(17)16(15-9)6-7-21-3/h4-5H,6-8H2,1-3H3,(H,14,18)(H,19,20). The fourth-order valence-corrected chi connectivity index (χ4v) is 1.38. The molecule has 116 valence electrons. The summed E-state index contributed by atoms with van der Waals surface area (Å²) in [4.78, 5) is 34.4. The zero-order valence-electron chi connectivity index (χ0n) is 12.3. The quantitative estimate of drug-likeness (QED) is 0.717. The van der Waals surface area contributed by atoms with Crippen LogP contribution in [0.2, 0.25) is 0 Å². The lowest BCUT2D eigenvalue weighted by Crippen LogP contribution is -2.39. The number of carbonyl (C=O) groups is 2. The predicted molar refractivity (Wildman–Crippen MR) is 74.1 cm³/mol. The first-order chi connectivity index (χ1) is 9.77. The molecule has 21 heavy (non-hydrogen) atoms. The Balaban J connectivity index is 2.79. The smallest absolute Gasteiger partial charge is 0.310 e. The number of ether oxygens (including phenoxy) is 1. The van der Waals surface area contributed by atoms with Crippen LogP contribution in [-0.4, -0.2) is 47.0 Å². The summed E-state index contributed by atoms with van der Waals surface area (Å²) in [6.07, 6.45) is 0. The molecule has 0 atom stereocenters. The number of hydrogen-bond acceptors (Lipinski definition) is 5. The Morgan fingerprint density at radius 2 is 2.10 bits per heavy atom. The van der Waals surface area contributed by atoms with Gasteiger partial charge in [0.25, 0.3) is 11.5 Å². The summed E-state index contributed by atoms with van der Waals surface area (Å²) < 4.78 is 5.98. The van der Waals surface area contributed by atoms with Crippen LogP contribution in [0, 0.1) is 5.41 Å². The van der Waals surface area contributed by atoms with Crippen LogP contribution in [0.1, 0.15) is 24.3 Å². The van der Waals surface area contributed by atoms with Gasteiger partial charge in [-0.15, -0.1) is 0 Å². The van der Waals surface area contributed by atoms with Gasteiger partial charge in [-0.3, -0.25) is 14.4 Å². The van der Waals surface area contributed by atoms with E-state index in [9.17, 15) is 14.4 Å². The third kappa shape index (κ3) is 4.67. The molecule has 0 saturated carbocycles. The third-order valence-corrected chi connectivity index (χ3v) is 2.88. The highest BCUT2D eigenvalue weighted by Crippen LogP contribution is 2.13. The number of hydrogen-bond donors (Lipinski definition) is 2. The molecule has 1 rings (SSSR count). The molecule has 8 heteroatoms. The Kier molecular flexibility index (Phi) is 5.60. The third-order valence-electron chi connectivity index (χ3n) is 2.88. The minimum Gasteiger partial charge on any atom is -0.481 e. The van der Waals surface area contributed by atoms with Gasteiger partial charge in [-0.2, -0.15) is 5.10 Å². The van der Waals surface area contributed by atoms with Gasteiger partial charge in [0.05, 0.1) is 18.6 Å². The average molecular weight is 297 g/mol. The average Bonchev–Trinajstić information content (AvgIpc) is 2.43. The molecular weight excluding hydrogens is 278 g/mol. The van der Waals surface area contributed by atoms with Crippen LogP contribution in [-0.2, 0) is 16.1 Å². The predicted octanol–water partition coefficient (Wildman–Crippen LogP) is -0.270. The molecule has 0 saturated heterocycles. The number of aliphatic carboxylic acids is 1. The SMILES string of the molecule is COCCn1nc(C(=O)NCC(C)(C)C(=O)O)ccc1=O. The van der Waals surface area contributed by atoms with Crippen LogP contribution in [0.25, 0.3) is 0 Å². The second kappa shape index (κ2) is 6.98. The first-order valence-corrected chi connectivity index (χ1v) is 6.36. The van der Waals surface area contributed by atoms with E-state index in [0.717, 1.165) is 4.68 Å². The number of carboxylic acid groups (broad SMARTS) is 1. The molecule has 1 heterocycles. The van der Waals surface area contributed by atoms with Crippen LogP contribution >= 0.6 is 0 Å². The van der Waals surface area contributed by atoms with E-state index in [4.69, 9.17) is 9.84 Å². The summed E-state index contributed by atoms with van der Waals surface area (Å²) in [5, 5.41) is 15.4. The summed E-state index contributed by atoms with van der Waals surface area (Å²) in [6.45, 7) is 3.49. The molecule has 0 aliphatic heterocycles. The minimum atomic E-state index is -1.08. The topological polar surface area (TPSA) is 111 Å². The zero-order chi connectivity index (χ0) is 16.0. The first kappa shape index (κ1) is 16.8. The van der Waals surface area contributed by atoms with Crippen molar-refractivity contribution in [1.29, 1.82) is 0 Å². The Morgan fingerprint density at radius 3 is 2.67 bits per heavy atom. The maximum atomic E-state index is 11.9. The molecule has 0 spiro atoms. The van der Waals surface area contributed by atoms with E-state index in [0.29, 0.717) is 6.61 Å². The molecule has 0 unspecified atom stereocenters. The summed E-state index contributed by atoms with van der Waals surface area (Å²) in [6, 6.07) is 2.54. The second-order valence-electron chi connectivity index (χ2n) is 5.14. The normalized spacial score (nSPS) is 11.2. The molecular formula is C13H19N3O5. The lowest BCUT2D eigenvalue weighted by atomic mass is 9.94. The molecule has 0 fully saturated rings. The maximum absolute atomic E-state index is 11.9. The summed E-state index contributed by atoms with van der Waals surface area (Å²) in [7, 11) is 1.50. The maximum Gasteiger partial charge on any atom is 0.310 e. The number of carbonyl (C=O) groups excluding carboxylic acids is 1. The van der Waals surface area contributed by atoms with E-state index < -0.39 is 17.3 Å². The van der Waals surface area contributed by atoms with Gasteiger partial charge in [-0.1, -0.05) is 0 Å². The molecule has 1 aromatic heterocycles. The molecule has 0 aliphatic rings. The first-order valence-electron chi connectivity index (χ1n) is 6.36. The Morgan fingerprint density at radius 1 is 1.43 bits per heavy atom. The monoisotopic (exact) mass is 297 g/mol. The van der Waals surface area contributed by atoms with Crippen molar-refractivity contribution in [3.8, 4) is 0 Å². The Hall–Kier alpha value is -2.22. The highest BCUT2D eigenvalue weighted by molar-refractivity contribution is 5.92. The number of nitrogens with one attached hydrogen (secondary N) is 1. The van der Waals surface area contributed by atoms with Gasteiger partial charge in [0, 0.05) is 19.7 Å². The van der Waals surface area contributed by atoms with Crippen molar-refractivity contribution >= 4 is 11.9 Å². The zero-order valence-corrected chi connectivity index (χ0v) is 12.3. The fraction of sp³-hybridized carbons (Fsp3) is 0.538. The number of aromatic nitrogens is 2. The van der Waals surface area contributed by atoms with Gasteiger partial charge in [0.15, 0.2) is 0 Å². The van der Waals surface area contributed by atoms with E-state index in [-0.39, 0.29) is 24.3 Å². The van der Waals surface area contributed by atoms with Gasteiger partial charge >= 0.3 is 5.97 Å². The van der Waals surface area contributed by atoms with Gasteiger partial charge in [0.2, 0.25) is 0 Å². The van der Waals surface area contributed by atoms with Crippen LogP contribution in [0.3, 0.4) is 0 Å². The molecule has 0 aliphatic carbocycles. The van der Waals surface area contributed by atoms with Crippen molar-refractivity contribution in [1.82, 2.24) is 15.1 Å². The van der Waals surface area contributed by atoms with Crippen molar-refractivity contribution in [3.63, 3.8) is 0 Å². The molecule has 0 radical (unpaired) electrons. The highest BCUT2D eigenvalue weighted by atomic mass is 16.5. The highest BCUT2D eigenvalue weighted by Gasteiger charge is 2.27. The molecule has 1 amide bonds.